The van der Waals surface area contributed by atoms with Crippen molar-refractivity contribution >= 4 is 0 Å². The number of nitrogens with zero attached hydrogens (tertiary/aromatic N) is 1. The number of rotatable bonds is 4. The van der Waals surface area contributed by atoms with E-state index in [4.69, 9.17) is 0 Å². The highest BCUT2D eigenvalue weighted by molar-refractivity contribution is 4.98. The predicted octanol–water partition coefficient (Wildman–Crippen LogP) is 2.02. The number of aliphatic hydroxyl groups excluding tert-OH is 1. The van der Waals surface area contributed by atoms with Gasteiger partial charge in [-0.05, 0) is 32.9 Å². The molecule has 0 saturated heterocycles. The summed E-state index contributed by atoms with van der Waals surface area (Å²) in [6.45, 7) is 8.43. The fourth-order valence-corrected chi connectivity index (χ4v) is 2.84. The molecule has 13 heavy (non-hydrogen) atoms. The van der Waals surface area contributed by atoms with Crippen LogP contribution in [0.25, 0.3) is 0 Å². The van der Waals surface area contributed by atoms with Crippen molar-refractivity contribution in [2.24, 2.45) is 0 Å². The van der Waals surface area contributed by atoms with E-state index in [-0.39, 0.29) is 11.6 Å². The summed E-state index contributed by atoms with van der Waals surface area (Å²) in [5.41, 5.74) is 0.101. The topological polar surface area (TPSA) is 23.5 Å². The number of aliphatic hydroxyl groups is 1. The fraction of sp³-hybridized carbons (Fsp3) is 1.00. The zero-order valence-corrected chi connectivity index (χ0v) is 9.21. The fourth-order valence-electron chi connectivity index (χ4n) is 2.84. The van der Waals surface area contributed by atoms with Crippen molar-refractivity contribution in [3.8, 4) is 0 Å². The van der Waals surface area contributed by atoms with Gasteiger partial charge >= 0.3 is 0 Å². The van der Waals surface area contributed by atoms with Crippen LogP contribution in [0.5, 0.6) is 0 Å². The summed E-state index contributed by atoms with van der Waals surface area (Å²) in [5, 5.41) is 9.89. The monoisotopic (exact) mass is 185 g/mol. The van der Waals surface area contributed by atoms with Gasteiger partial charge in [0.25, 0.3) is 0 Å². The van der Waals surface area contributed by atoms with E-state index in [2.05, 4.69) is 18.7 Å². The molecular formula is C11H23NO. The third kappa shape index (κ3) is 1.89. The summed E-state index contributed by atoms with van der Waals surface area (Å²) >= 11 is 0. The van der Waals surface area contributed by atoms with Crippen LogP contribution in [0, 0.1) is 0 Å². The van der Waals surface area contributed by atoms with Gasteiger partial charge in [0.2, 0.25) is 0 Å². The van der Waals surface area contributed by atoms with Gasteiger partial charge in [0.05, 0.1) is 6.10 Å². The van der Waals surface area contributed by atoms with Crippen LogP contribution in [0.15, 0.2) is 0 Å². The highest BCUT2D eigenvalue weighted by atomic mass is 16.3. The highest BCUT2D eigenvalue weighted by Crippen LogP contribution is 2.37. The Hall–Kier alpha value is -0.0800. The Bertz CT molecular complexity index is 146. The zero-order chi connectivity index (χ0) is 9.90. The Labute approximate surface area is 81.9 Å². The van der Waals surface area contributed by atoms with E-state index in [0.717, 1.165) is 13.1 Å². The van der Waals surface area contributed by atoms with Crippen molar-refractivity contribution in [3.05, 3.63) is 0 Å². The molecule has 2 heteroatoms. The summed E-state index contributed by atoms with van der Waals surface area (Å²) in [6, 6.07) is 0. The van der Waals surface area contributed by atoms with E-state index >= 15 is 0 Å². The molecule has 1 aliphatic rings. The summed E-state index contributed by atoms with van der Waals surface area (Å²) in [4.78, 5) is 2.44. The van der Waals surface area contributed by atoms with Crippen LogP contribution in [-0.4, -0.2) is 34.7 Å². The first-order valence-corrected chi connectivity index (χ1v) is 5.60. The summed E-state index contributed by atoms with van der Waals surface area (Å²) in [6.07, 6.45) is 4.72. The number of hydrogen-bond donors (Lipinski definition) is 1. The van der Waals surface area contributed by atoms with Gasteiger partial charge < -0.3 is 5.11 Å². The molecule has 1 unspecified atom stereocenters. The van der Waals surface area contributed by atoms with Gasteiger partial charge in [-0.25, -0.2) is 0 Å². The quantitative estimate of drug-likeness (QED) is 0.724. The van der Waals surface area contributed by atoms with Crippen molar-refractivity contribution in [1.82, 2.24) is 4.90 Å². The molecule has 0 heterocycles. The molecule has 0 aliphatic heterocycles. The molecule has 0 spiro atoms. The average Bonchev–Trinajstić information content (AvgIpc) is 2.56. The average molecular weight is 185 g/mol. The van der Waals surface area contributed by atoms with Crippen LogP contribution in [-0.2, 0) is 0 Å². The third-order valence-electron chi connectivity index (χ3n) is 3.64. The first-order chi connectivity index (χ1) is 6.17. The third-order valence-corrected chi connectivity index (χ3v) is 3.64. The van der Waals surface area contributed by atoms with Crippen molar-refractivity contribution < 1.29 is 5.11 Å². The van der Waals surface area contributed by atoms with E-state index in [0.29, 0.717) is 0 Å². The molecule has 1 atom stereocenters. The summed E-state index contributed by atoms with van der Waals surface area (Å²) in [5.74, 6) is 0. The van der Waals surface area contributed by atoms with E-state index in [1.165, 1.54) is 25.7 Å². The van der Waals surface area contributed by atoms with E-state index in [9.17, 15) is 5.11 Å². The van der Waals surface area contributed by atoms with Crippen molar-refractivity contribution in [1.29, 1.82) is 0 Å². The maximum atomic E-state index is 9.89. The molecule has 1 aliphatic carbocycles. The molecule has 0 radical (unpaired) electrons. The maximum absolute atomic E-state index is 9.89. The van der Waals surface area contributed by atoms with Gasteiger partial charge in [-0.3, -0.25) is 4.90 Å². The van der Waals surface area contributed by atoms with Crippen LogP contribution in [0.2, 0.25) is 0 Å². The largest absolute Gasteiger partial charge is 0.391 e. The van der Waals surface area contributed by atoms with E-state index in [1.807, 2.05) is 6.92 Å². The van der Waals surface area contributed by atoms with E-state index < -0.39 is 0 Å². The minimum absolute atomic E-state index is 0.101. The van der Waals surface area contributed by atoms with Crippen molar-refractivity contribution in [2.75, 3.05) is 13.1 Å². The lowest BCUT2D eigenvalue weighted by molar-refractivity contribution is -0.0146. The standard InChI is InChI=1S/C11H23NO/c1-4-12(5-2)11(10(3)13)8-6-7-9-11/h10,13H,4-9H2,1-3H3. The van der Waals surface area contributed by atoms with Crippen molar-refractivity contribution in [3.63, 3.8) is 0 Å². The van der Waals surface area contributed by atoms with Gasteiger partial charge in [-0.1, -0.05) is 26.7 Å². The minimum atomic E-state index is -0.185. The lowest BCUT2D eigenvalue weighted by Gasteiger charge is -2.42. The number of likely N-dealkylation sites (N-methyl/N-ethyl adjacent to an activating group) is 1. The normalized spacial score (nSPS) is 23.8. The summed E-state index contributed by atoms with van der Waals surface area (Å²) < 4.78 is 0. The Morgan fingerprint density at radius 3 is 2.00 bits per heavy atom. The van der Waals surface area contributed by atoms with Crippen LogP contribution in [0.4, 0.5) is 0 Å². The molecule has 1 saturated carbocycles. The van der Waals surface area contributed by atoms with Crippen LogP contribution in [0.1, 0.15) is 46.5 Å². The van der Waals surface area contributed by atoms with Crippen LogP contribution < -0.4 is 0 Å². The molecule has 0 aromatic heterocycles. The van der Waals surface area contributed by atoms with Gasteiger partial charge in [-0.2, -0.15) is 0 Å². The smallest absolute Gasteiger partial charge is 0.0695 e. The molecule has 0 amide bonds. The first-order valence-electron chi connectivity index (χ1n) is 5.60. The Kier molecular flexibility index (Phi) is 3.74. The molecule has 1 fully saturated rings. The minimum Gasteiger partial charge on any atom is -0.391 e. The molecule has 1 rings (SSSR count). The lowest BCUT2D eigenvalue weighted by atomic mass is 9.89. The van der Waals surface area contributed by atoms with Gasteiger partial charge in [0.1, 0.15) is 0 Å². The molecule has 1 N–H and O–H groups in total. The highest BCUT2D eigenvalue weighted by Gasteiger charge is 2.41. The van der Waals surface area contributed by atoms with Crippen LogP contribution in [0.3, 0.4) is 0 Å². The second-order valence-corrected chi connectivity index (χ2v) is 4.16. The van der Waals surface area contributed by atoms with E-state index in [1.54, 1.807) is 0 Å². The zero-order valence-electron chi connectivity index (χ0n) is 9.21. The second-order valence-electron chi connectivity index (χ2n) is 4.16. The molecule has 0 aromatic carbocycles. The molecule has 78 valence electrons. The Balaban J connectivity index is 2.76. The first kappa shape index (κ1) is 11.0. The predicted molar refractivity (Wildman–Crippen MR) is 55.8 cm³/mol. The maximum Gasteiger partial charge on any atom is 0.0695 e. The van der Waals surface area contributed by atoms with Crippen LogP contribution >= 0.6 is 0 Å². The Morgan fingerprint density at radius 1 is 1.23 bits per heavy atom. The van der Waals surface area contributed by atoms with Gasteiger partial charge in [0, 0.05) is 5.54 Å². The number of hydrogen-bond acceptors (Lipinski definition) is 2. The molecular weight excluding hydrogens is 162 g/mol. The van der Waals surface area contributed by atoms with Gasteiger partial charge in [-0.15, -0.1) is 0 Å². The van der Waals surface area contributed by atoms with Gasteiger partial charge in [0.15, 0.2) is 0 Å². The molecule has 0 aromatic rings. The lowest BCUT2D eigenvalue weighted by Crippen LogP contribution is -2.53. The molecule has 2 nitrogen and oxygen atoms in total. The van der Waals surface area contributed by atoms with Crippen molar-refractivity contribution in [2.45, 2.75) is 58.1 Å². The Morgan fingerprint density at radius 2 is 1.69 bits per heavy atom. The molecule has 0 bridgehead atoms. The SMILES string of the molecule is CCN(CC)C1(C(C)O)CCCC1. The summed E-state index contributed by atoms with van der Waals surface area (Å²) in [7, 11) is 0. The second kappa shape index (κ2) is 4.43.